The van der Waals surface area contributed by atoms with Gasteiger partial charge in [0, 0.05) is 0 Å². The van der Waals surface area contributed by atoms with Crippen LogP contribution >= 0.6 is 11.6 Å². The lowest BCUT2D eigenvalue weighted by atomic mass is 10.3. The van der Waals surface area contributed by atoms with Crippen molar-refractivity contribution < 1.29 is 9.47 Å². The van der Waals surface area contributed by atoms with Gasteiger partial charge in [0.25, 0.3) is 0 Å². The number of benzene rings is 1. The van der Waals surface area contributed by atoms with Crippen LogP contribution in [0.15, 0.2) is 30.7 Å². The molecule has 3 heteroatoms. The van der Waals surface area contributed by atoms with Gasteiger partial charge in [-0.2, -0.15) is 0 Å². The van der Waals surface area contributed by atoms with Crippen LogP contribution in [0.25, 0.3) is 0 Å². The Bertz CT molecular complexity index is 307. The van der Waals surface area contributed by atoms with Crippen LogP contribution in [0.5, 0.6) is 11.5 Å². The molecule has 0 N–H and O–H groups in total. The molecular weight excluding hydrogens is 164 g/mol. The van der Waals surface area contributed by atoms with Crippen molar-refractivity contribution in [3.05, 3.63) is 35.7 Å². The highest BCUT2D eigenvalue weighted by Gasteiger charge is 2.10. The van der Waals surface area contributed by atoms with E-state index >= 15 is 0 Å². The third-order valence-electron chi connectivity index (χ3n) is 1.37. The van der Waals surface area contributed by atoms with Gasteiger partial charge in [0.1, 0.15) is 12.5 Å². The molecule has 2 rings (SSSR count). The van der Waals surface area contributed by atoms with Gasteiger partial charge >= 0.3 is 0 Å². The molecule has 0 atom stereocenters. The van der Waals surface area contributed by atoms with E-state index in [1.54, 1.807) is 12.1 Å². The minimum absolute atomic E-state index is 0.562. The topological polar surface area (TPSA) is 18.5 Å². The maximum absolute atomic E-state index is 5.80. The molecule has 0 aromatic heterocycles. The van der Waals surface area contributed by atoms with Gasteiger partial charge in [-0.1, -0.05) is 17.7 Å². The monoisotopic (exact) mass is 168 g/mol. The first-order valence-electron chi connectivity index (χ1n) is 3.15. The van der Waals surface area contributed by atoms with E-state index in [4.69, 9.17) is 21.1 Å². The Morgan fingerprint density at radius 3 is 2.73 bits per heavy atom. The zero-order chi connectivity index (χ0) is 7.68. The second-order valence-electron chi connectivity index (χ2n) is 2.07. The molecule has 0 fully saturated rings. The SMILES string of the molecule is Clc1cccc2c1OC=CO2. The van der Waals surface area contributed by atoms with E-state index in [0.29, 0.717) is 16.5 Å². The Kier molecular flexibility index (Phi) is 1.47. The van der Waals surface area contributed by atoms with Crippen LogP contribution in [0.3, 0.4) is 0 Å². The lowest BCUT2D eigenvalue weighted by molar-refractivity contribution is 0.362. The molecule has 0 saturated heterocycles. The minimum atomic E-state index is 0.562. The molecular formula is C8H5ClO2. The van der Waals surface area contributed by atoms with E-state index in [2.05, 4.69) is 0 Å². The van der Waals surface area contributed by atoms with Crippen molar-refractivity contribution in [2.24, 2.45) is 0 Å². The molecule has 0 spiro atoms. The Balaban J connectivity index is 2.54. The van der Waals surface area contributed by atoms with Gasteiger partial charge in [-0.3, -0.25) is 0 Å². The van der Waals surface area contributed by atoms with Gasteiger partial charge < -0.3 is 9.47 Å². The van der Waals surface area contributed by atoms with Crippen molar-refractivity contribution in [3.63, 3.8) is 0 Å². The number of para-hydroxylation sites is 1. The normalized spacial score (nSPS) is 13.2. The van der Waals surface area contributed by atoms with Gasteiger partial charge in [-0.25, -0.2) is 0 Å². The molecule has 1 heterocycles. The highest BCUT2D eigenvalue weighted by Crippen LogP contribution is 2.36. The second kappa shape index (κ2) is 2.47. The van der Waals surface area contributed by atoms with E-state index in [1.807, 2.05) is 6.07 Å². The highest BCUT2D eigenvalue weighted by molar-refractivity contribution is 6.32. The Labute approximate surface area is 69.0 Å². The van der Waals surface area contributed by atoms with Crippen LogP contribution < -0.4 is 9.47 Å². The summed E-state index contributed by atoms with van der Waals surface area (Å²) in [5.74, 6) is 1.23. The summed E-state index contributed by atoms with van der Waals surface area (Å²) in [4.78, 5) is 0. The fraction of sp³-hybridized carbons (Fsp3) is 0. The standard InChI is InChI=1S/C8H5ClO2/c9-6-2-1-3-7-8(6)11-5-4-10-7/h1-5H. The molecule has 1 aromatic rings. The van der Waals surface area contributed by atoms with Crippen molar-refractivity contribution >= 4 is 11.6 Å². The molecule has 1 aromatic carbocycles. The predicted molar refractivity (Wildman–Crippen MR) is 41.8 cm³/mol. The van der Waals surface area contributed by atoms with E-state index in [0.717, 1.165) is 0 Å². The van der Waals surface area contributed by atoms with Crippen LogP contribution in [0.2, 0.25) is 5.02 Å². The van der Waals surface area contributed by atoms with Crippen molar-refractivity contribution in [2.45, 2.75) is 0 Å². The minimum Gasteiger partial charge on any atom is -0.458 e. The summed E-state index contributed by atoms with van der Waals surface area (Å²) in [6.45, 7) is 0. The Morgan fingerprint density at radius 2 is 1.91 bits per heavy atom. The quantitative estimate of drug-likeness (QED) is 0.593. The number of halogens is 1. The van der Waals surface area contributed by atoms with Gasteiger partial charge in [-0.15, -0.1) is 0 Å². The Morgan fingerprint density at radius 1 is 1.09 bits per heavy atom. The number of hydrogen-bond acceptors (Lipinski definition) is 2. The first-order valence-corrected chi connectivity index (χ1v) is 3.52. The van der Waals surface area contributed by atoms with E-state index < -0.39 is 0 Å². The molecule has 11 heavy (non-hydrogen) atoms. The Hall–Kier alpha value is -1.15. The third-order valence-corrected chi connectivity index (χ3v) is 1.66. The summed E-state index contributed by atoms with van der Waals surface area (Å²) in [6, 6.07) is 5.36. The predicted octanol–water partition coefficient (Wildman–Crippen LogP) is 2.58. The summed E-state index contributed by atoms with van der Waals surface area (Å²) in [6.07, 6.45) is 2.92. The van der Waals surface area contributed by atoms with Crippen LogP contribution in [0, 0.1) is 0 Å². The van der Waals surface area contributed by atoms with Crippen LogP contribution in [0.4, 0.5) is 0 Å². The zero-order valence-corrected chi connectivity index (χ0v) is 6.34. The van der Waals surface area contributed by atoms with Gasteiger partial charge in [-0.05, 0) is 12.1 Å². The molecule has 1 aliphatic rings. The molecule has 2 nitrogen and oxygen atoms in total. The summed E-state index contributed by atoms with van der Waals surface area (Å²) in [7, 11) is 0. The van der Waals surface area contributed by atoms with Gasteiger partial charge in [0.15, 0.2) is 11.5 Å². The number of ether oxygens (including phenoxy) is 2. The molecule has 0 radical (unpaired) electrons. The molecule has 56 valence electrons. The fourth-order valence-electron chi connectivity index (χ4n) is 0.893. The smallest absolute Gasteiger partial charge is 0.187 e. The lowest BCUT2D eigenvalue weighted by Gasteiger charge is -2.12. The molecule has 0 bridgehead atoms. The van der Waals surface area contributed by atoms with Crippen molar-refractivity contribution in [3.8, 4) is 11.5 Å². The third kappa shape index (κ3) is 1.05. The van der Waals surface area contributed by atoms with Crippen LogP contribution in [-0.2, 0) is 0 Å². The summed E-state index contributed by atoms with van der Waals surface area (Å²) >= 11 is 5.80. The van der Waals surface area contributed by atoms with E-state index in [9.17, 15) is 0 Å². The summed E-state index contributed by atoms with van der Waals surface area (Å²) in [5, 5.41) is 0.562. The van der Waals surface area contributed by atoms with Gasteiger partial charge in [0.2, 0.25) is 0 Å². The van der Waals surface area contributed by atoms with Crippen molar-refractivity contribution in [1.82, 2.24) is 0 Å². The summed E-state index contributed by atoms with van der Waals surface area (Å²) in [5.41, 5.74) is 0. The number of fused-ring (bicyclic) bond motifs is 1. The van der Waals surface area contributed by atoms with Gasteiger partial charge in [0.05, 0.1) is 5.02 Å². The number of rotatable bonds is 0. The molecule has 0 saturated carbocycles. The molecule has 1 aliphatic heterocycles. The largest absolute Gasteiger partial charge is 0.458 e. The fourth-order valence-corrected chi connectivity index (χ4v) is 1.10. The maximum Gasteiger partial charge on any atom is 0.187 e. The van der Waals surface area contributed by atoms with Crippen molar-refractivity contribution in [2.75, 3.05) is 0 Å². The maximum atomic E-state index is 5.80. The number of hydrogen-bond donors (Lipinski definition) is 0. The molecule has 0 amide bonds. The van der Waals surface area contributed by atoms with Crippen molar-refractivity contribution in [1.29, 1.82) is 0 Å². The average molecular weight is 169 g/mol. The first kappa shape index (κ1) is 6.55. The average Bonchev–Trinajstić information content (AvgIpc) is 2.06. The second-order valence-corrected chi connectivity index (χ2v) is 2.48. The van der Waals surface area contributed by atoms with E-state index in [-0.39, 0.29) is 0 Å². The molecule has 0 unspecified atom stereocenters. The lowest BCUT2D eigenvalue weighted by Crippen LogP contribution is -1.95. The highest BCUT2D eigenvalue weighted by atomic mass is 35.5. The van der Waals surface area contributed by atoms with Crippen LogP contribution in [-0.4, -0.2) is 0 Å². The van der Waals surface area contributed by atoms with E-state index in [1.165, 1.54) is 12.5 Å². The van der Waals surface area contributed by atoms with Crippen LogP contribution in [0.1, 0.15) is 0 Å². The first-order chi connectivity index (χ1) is 5.38. The summed E-state index contributed by atoms with van der Waals surface area (Å²) < 4.78 is 10.2. The zero-order valence-electron chi connectivity index (χ0n) is 5.58. The molecule has 0 aliphatic carbocycles.